The van der Waals surface area contributed by atoms with E-state index in [0.29, 0.717) is 12.6 Å². The summed E-state index contributed by atoms with van der Waals surface area (Å²) in [5.41, 5.74) is 1.29. The Morgan fingerprint density at radius 2 is 1.90 bits per heavy atom. The van der Waals surface area contributed by atoms with Crippen molar-refractivity contribution in [2.24, 2.45) is 0 Å². The summed E-state index contributed by atoms with van der Waals surface area (Å²) in [6.07, 6.45) is 4.24. The second-order valence-corrected chi connectivity index (χ2v) is 5.29. The third kappa shape index (κ3) is 4.83. The fraction of sp³-hybridized carbons (Fsp3) is 0.412. The first kappa shape index (κ1) is 15.4. The van der Waals surface area contributed by atoms with Gasteiger partial charge in [-0.15, -0.1) is 0 Å². The molecule has 0 bridgehead atoms. The Labute approximate surface area is 126 Å². The summed E-state index contributed by atoms with van der Waals surface area (Å²) in [4.78, 5) is 0. The second-order valence-electron chi connectivity index (χ2n) is 5.29. The number of ether oxygens (including phenoxy) is 2. The summed E-state index contributed by atoms with van der Waals surface area (Å²) in [5.74, 6) is 1.56. The third-order valence-corrected chi connectivity index (χ3v) is 3.20. The molecule has 0 radical (unpaired) electrons. The Balaban J connectivity index is 1.81. The molecule has 1 N–H and O–H groups in total. The minimum absolute atomic E-state index is 0.502. The van der Waals surface area contributed by atoms with Gasteiger partial charge in [-0.3, -0.25) is 0 Å². The van der Waals surface area contributed by atoms with E-state index in [2.05, 4.69) is 42.2 Å². The molecule has 0 saturated heterocycles. The Kier molecular flexibility index (Phi) is 5.69. The predicted molar refractivity (Wildman–Crippen MR) is 84.9 cm³/mol. The van der Waals surface area contributed by atoms with Gasteiger partial charge in [0.15, 0.2) is 11.5 Å². The van der Waals surface area contributed by atoms with E-state index in [9.17, 15) is 0 Å². The van der Waals surface area contributed by atoms with Crippen molar-refractivity contribution in [3.63, 3.8) is 0 Å². The topological polar surface area (TPSA) is 35.4 Å². The molecule has 0 atom stereocenters. The van der Waals surface area contributed by atoms with E-state index in [1.807, 2.05) is 24.3 Å². The van der Waals surface area contributed by atoms with E-state index < -0.39 is 0 Å². The summed E-state index contributed by atoms with van der Waals surface area (Å²) in [7, 11) is 1.65. The number of nitrogens with zero attached hydrogens (tertiary/aromatic N) is 1. The van der Waals surface area contributed by atoms with Crippen LogP contribution in [0.25, 0.3) is 0 Å². The average molecular weight is 288 g/mol. The van der Waals surface area contributed by atoms with E-state index in [1.54, 1.807) is 7.11 Å². The summed E-state index contributed by atoms with van der Waals surface area (Å²) < 4.78 is 13.2. The van der Waals surface area contributed by atoms with Crippen LogP contribution in [0.2, 0.25) is 0 Å². The zero-order valence-electron chi connectivity index (χ0n) is 13.0. The lowest BCUT2D eigenvalue weighted by molar-refractivity contribution is 0.280. The molecular formula is C17H24N2O2. The van der Waals surface area contributed by atoms with Crippen molar-refractivity contribution in [2.75, 3.05) is 13.7 Å². The van der Waals surface area contributed by atoms with Gasteiger partial charge >= 0.3 is 0 Å². The van der Waals surface area contributed by atoms with Crippen molar-refractivity contribution in [3.05, 3.63) is 48.3 Å². The van der Waals surface area contributed by atoms with Crippen molar-refractivity contribution < 1.29 is 9.47 Å². The molecule has 1 aromatic carbocycles. The van der Waals surface area contributed by atoms with Crippen LogP contribution in [0.4, 0.5) is 0 Å². The quantitative estimate of drug-likeness (QED) is 0.811. The zero-order valence-corrected chi connectivity index (χ0v) is 13.0. The van der Waals surface area contributed by atoms with Gasteiger partial charge in [0.05, 0.1) is 13.7 Å². The molecule has 4 heteroatoms. The van der Waals surface area contributed by atoms with E-state index in [1.165, 1.54) is 5.56 Å². The Morgan fingerprint density at radius 1 is 1.14 bits per heavy atom. The maximum Gasteiger partial charge on any atom is 0.161 e. The van der Waals surface area contributed by atoms with Crippen molar-refractivity contribution in [3.8, 4) is 11.5 Å². The maximum atomic E-state index is 5.78. The van der Waals surface area contributed by atoms with Crippen LogP contribution < -0.4 is 14.8 Å². The fourth-order valence-electron chi connectivity index (χ4n) is 2.06. The van der Waals surface area contributed by atoms with Crippen LogP contribution in [0.15, 0.2) is 42.7 Å². The van der Waals surface area contributed by atoms with Gasteiger partial charge in [0.2, 0.25) is 0 Å². The molecule has 0 amide bonds. The van der Waals surface area contributed by atoms with E-state index >= 15 is 0 Å². The van der Waals surface area contributed by atoms with Crippen LogP contribution in [-0.2, 0) is 13.1 Å². The van der Waals surface area contributed by atoms with Crippen LogP contribution in [0.3, 0.4) is 0 Å². The first-order valence-electron chi connectivity index (χ1n) is 7.33. The second kappa shape index (κ2) is 7.74. The fourth-order valence-corrected chi connectivity index (χ4v) is 2.06. The van der Waals surface area contributed by atoms with Crippen LogP contribution >= 0.6 is 0 Å². The molecule has 0 aliphatic carbocycles. The number of rotatable bonds is 8. The van der Waals surface area contributed by atoms with E-state index in [4.69, 9.17) is 9.47 Å². The standard InChI is InChI=1S/C17H24N2O2/c1-14(2)18-12-15-8-9-19(13-15)10-11-21-17-7-5-4-6-16(17)20-3/h4-9,13-14,18H,10-12H2,1-3H3. The summed E-state index contributed by atoms with van der Waals surface area (Å²) in [6.45, 7) is 6.64. The van der Waals surface area contributed by atoms with Gasteiger partial charge in [0.1, 0.15) is 6.61 Å². The number of para-hydroxylation sites is 2. The lowest BCUT2D eigenvalue weighted by Gasteiger charge is -2.10. The molecule has 0 aliphatic heterocycles. The summed E-state index contributed by atoms with van der Waals surface area (Å²) in [6, 6.07) is 10.3. The normalized spacial score (nSPS) is 10.9. The van der Waals surface area contributed by atoms with Crippen LogP contribution in [0.5, 0.6) is 11.5 Å². The van der Waals surface area contributed by atoms with Gasteiger partial charge in [-0.2, -0.15) is 0 Å². The number of aromatic nitrogens is 1. The smallest absolute Gasteiger partial charge is 0.161 e. The predicted octanol–water partition coefficient (Wildman–Crippen LogP) is 3.07. The SMILES string of the molecule is COc1ccccc1OCCn1ccc(CNC(C)C)c1. The van der Waals surface area contributed by atoms with Crippen molar-refractivity contribution >= 4 is 0 Å². The molecule has 2 rings (SSSR count). The molecule has 114 valence electrons. The van der Waals surface area contributed by atoms with Crippen molar-refractivity contribution in [1.82, 2.24) is 9.88 Å². The number of benzene rings is 1. The molecule has 0 unspecified atom stereocenters. The minimum atomic E-state index is 0.502. The Bertz CT molecular complexity index is 549. The summed E-state index contributed by atoms with van der Waals surface area (Å²) >= 11 is 0. The minimum Gasteiger partial charge on any atom is -0.493 e. The lowest BCUT2D eigenvalue weighted by Crippen LogP contribution is -2.21. The lowest BCUT2D eigenvalue weighted by atomic mass is 10.3. The molecule has 21 heavy (non-hydrogen) atoms. The number of hydrogen-bond acceptors (Lipinski definition) is 3. The van der Waals surface area contributed by atoms with Gasteiger partial charge in [0, 0.05) is 25.0 Å². The molecule has 1 aromatic heterocycles. The maximum absolute atomic E-state index is 5.78. The zero-order chi connectivity index (χ0) is 15.1. The molecule has 2 aromatic rings. The van der Waals surface area contributed by atoms with Crippen LogP contribution in [0, 0.1) is 0 Å². The molecule has 0 aliphatic rings. The molecule has 0 spiro atoms. The van der Waals surface area contributed by atoms with E-state index in [-0.39, 0.29) is 0 Å². The molecule has 0 fully saturated rings. The third-order valence-electron chi connectivity index (χ3n) is 3.20. The number of hydrogen-bond donors (Lipinski definition) is 1. The first-order valence-corrected chi connectivity index (χ1v) is 7.33. The highest BCUT2D eigenvalue weighted by Gasteiger charge is 2.03. The Morgan fingerprint density at radius 3 is 2.62 bits per heavy atom. The monoisotopic (exact) mass is 288 g/mol. The van der Waals surface area contributed by atoms with Gasteiger partial charge < -0.3 is 19.4 Å². The van der Waals surface area contributed by atoms with Crippen LogP contribution in [-0.4, -0.2) is 24.3 Å². The largest absolute Gasteiger partial charge is 0.493 e. The first-order chi connectivity index (χ1) is 10.2. The Hall–Kier alpha value is -1.94. The number of nitrogens with one attached hydrogen (secondary N) is 1. The molecule has 4 nitrogen and oxygen atoms in total. The van der Waals surface area contributed by atoms with Crippen molar-refractivity contribution in [1.29, 1.82) is 0 Å². The van der Waals surface area contributed by atoms with Crippen LogP contribution in [0.1, 0.15) is 19.4 Å². The molecule has 0 saturated carbocycles. The summed E-state index contributed by atoms with van der Waals surface area (Å²) in [5, 5.41) is 3.41. The van der Waals surface area contributed by atoms with Gasteiger partial charge in [-0.1, -0.05) is 26.0 Å². The highest BCUT2D eigenvalue weighted by Crippen LogP contribution is 2.25. The highest BCUT2D eigenvalue weighted by atomic mass is 16.5. The van der Waals surface area contributed by atoms with E-state index in [0.717, 1.165) is 24.6 Å². The van der Waals surface area contributed by atoms with Gasteiger partial charge in [-0.05, 0) is 23.8 Å². The van der Waals surface area contributed by atoms with Gasteiger partial charge in [0.25, 0.3) is 0 Å². The number of methoxy groups -OCH3 is 1. The highest BCUT2D eigenvalue weighted by molar-refractivity contribution is 5.39. The molecular weight excluding hydrogens is 264 g/mol. The average Bonchev–Trinajstić information content (AvgIpc) is 2.93. The van der Waals surface area contributed by atoms with Crippen molar-refractivity contribution in [2.45, 2.75) is 33.0 Å². The molecule has 1 heterocycles. The van der Waals surface area contributed by atoms with Gasteiger partial charge in [-0.25, -0.2) is 0 Å².